The van der Waals surface area contributed by atoms with Crippen LogP contribution in [0.4, 0.5) is 10.5 Å². The van der Waals surface area contributed by atoms with Gasteiger partial charge in [-0.15, -0.1) is 0 Å². The first kappa shape index (κ1) is 16.8. The van der Waals surface area contributed by atoms with Crippen LogP contribution in [0.5, 0.6) is 28.7 Å². The van der Waals surface area contributed by atoms with Crippen LogP contribution in [0.3, 0.4) is 0 Å². The van der Waals surface area contributed by atoms with E-state index in [1.54, 1.807) is 37.4 Å². The minimum absolute atomic E-state index is 0.196. The van der Waals surface area contributed by atoms with Crippen LogP contribution in [0.2, 0.25) is 0 Å². The quantitative estimate of drug-likeness (QED) is 0.530. The summed E-state index contributed by atoms with van der Waals surface area (Å²) in [5.74, 6) is 2.67. The van der Waals surface area contributed by atoms with E-state index >= 15 is 0 Å². The Hall–Kier alpha value is -3.67. The van der Waals surface area contributed by atoms with Gasteiger partial charge in [-0.2, -0.15) is 0 Å². The second-order valence-electron chi connectivity index (χ2n) is 5.84. The Bertz CT molecular complexity index is 972. The number of ether oxygens (including phenoxy) is 4. The zero-order valence-corrected chi connectivity index (χ0v) is 14.6. The molecular weight excluding hydrogens is 346 g/mol. The van der Waals surface area contributed by atoms with Crippen molar-refractivity contribution in [3.63, 3.8) is 0 Å². The lowest BCUT2D eigenvalue weighted by atomic mass is 10.2. The van der Waals surface area contributed by atoms with Crippen LogP contribution in [-0.2, 0) is 11.3 Å². The average Bonchev–Trinajstić information content (AvgIpc) is 2.71. The monoisotopic (exact) mass is 363 g/mol. The van der Waals surface area contributed by atoms with Gasteiger partial charge in [-0.05, 0) is 29.8 Å². The maximum Gasteiger partial charge on any atom is 0.411 e. The normalized spacial score (nSPS) is 11.3. The molecule has 0 spiro atoms. The van der Waals surface area contributed by atoms with Gasteiger partial charge in [-0.3, -0.25) is 5.32 Å². The van der Waals surface area contributed by atoms with Gasteiger partial charge in [0.2, 0.25) is 5.75 Å². The summed E-state index contributed by atoms with van der Waals surface area (Å²) in [5, 5.41) is 2.69. The van der Waals surface area contributed by atoms with Crippen LogP contribution in [0.15, 0.2) is 66.7 Å². The highest BCUT2D eigenvalue weighted by Crippen LogP contribution is 2.50. The number of rotatable bonds is 4. The van der Waals surface area contributed by atoms with Gasteiger partial charge in [0.05, 0.1) is 7.11 Å². The summed E-state index contributed by atoms with van der Waals surface area (Å²) in [6.07, 6.45) is -0.548. The molecule has 1 N–H and O–H groups in total. The Morgan fingerprint density at radius 2 is 1.78 bits per heavy atom. The molecule has 1 heterocycles. The molecule has 0 bridgehead atoms. The summed E-state index contributed by atoms with van der Waals surface area (Å²) < 4.78 is 22.3. The van der Waals surface area contributed by atoms with Gasteiger partial charge in [0.1, 0.15) is 6.61 Å². The van der Waals surface area contributed by atoms with E-state index in [1.807, 2.05) is 36.4 Å². The number of para-hydroxylation sites is 1. The molecule has 0 radical (unpaired) electrons. The molecular formula is C21H17NO5. The fraction of sp³-hybridized carbons (Fsp3) is 0.0952. The van der Waals surface area contributed by atoms with Crippen molar-refractivity contribution < 1.29 is 23.7 Å². The number of hydrogen-bond acceptors (Lipinski definition) is 5. The summed E-state index contributed by atoms with van der Waals surface area (Å²) >= 11 is 0. The molecule has 6 heteroatoms. The van der Waals surface area contributed by atoms with Crippen LogP contribution in [0.1, 0.15) is 5.56 Å². The zero-order valence-electron chi connectivity index (χ0n) is 14.6. The first-order valence-corrected chi connectivity index (χ1v) is 8.37. The van der Waals surface area contributed by atoms with Crippen molar-refractivity contribution >= 4 is 11.8 Å². The van der Waals surface area contributed by atoms with E-state index in [1.165, 1.54) is 0 Å². The Balaban J connectivity index is 1.45. The lowest BCUT2D eigenvalue weighted by molar-refractivity contribution is 0.155. The van der Waals surface area contributed by atoms with Gasteiger partial charge in [-0.25, -0.2) is 4.79 Å². The van der Waals surface area contributed by atoms with Crippen LogP contribution >= 0.6 is 0 Å². The molecule has 136 valence electrons. The molecule has 27 heavy (non-hydrogen) atoms. The van der Waals surface area contributed by atoms with Gasteiger partial charge >= 0.3 is 6.09 Å². The van der Waals surface area contributed by atoms with Gasteiger partial charge in [0.15, 0.2) is 23.0 Å². The van der Waals surface area contributed by atoms with E-state index in [0.717, 1.165) is 5.56 Å². The lowest BCUT2D eigenvalue weighted by Crippen LogP contribution is -2.13. The number of carbonyl (C=O) groups is 1. The van der Waals surface area contributed by atoms with Crippen LogP contribution in [0.25, 0.3) is 0 Å². The Labute approximate surface area is 156 Å². The molecule has 6 nitrogen and oxygen atoms in total. The molecule has 1 amide bonds. The van der Waals surface area contributed by atoms with E-state index in [2.05, 4.69) is 5.32 Å². The third-order valence-corrected chi connectivity index (χ3v) is 4.00. The summed E-state index contributed by atoms with van der Waals surface area (Å²) in [5.41, 5.74) is 1.45. The Kier molecular flexibility index (Phi) is 4.53. The SMILES string of the molecule is COc1cccc2c1Oc1cc(NC(=O)OCc3ccccc3)ccc1O2. The summed E-state index contributed by atoms with van der Waals surface area (Å²) in [7, 11) is 1.56. The molecule has 0 unspecified atom stereocenters. The molecule has 0 saturated heterocycles. The topological polar surface area (TPSA) is 66.0 Å². The molecule has 0 aliphatic carbocycles. The second-order valence-corrected chi connectivity index (χ2v) is 5.84. The highest BCUT2D eigenvalue weighted by atomic mass is 16.6. The third-order valence-electron chi connectivity index (χ3n) is 4.00. The second kappa shape index (κ2) is 7.29. The zero-order chi connectivity index (χ0) is 18.6. The predicted molar refractivity (Wildman–Crippen MR) is 99.8 cm³/mol. The van der Waals surface area contributed by atoms with E-state index in [9.17, 15) is 4.79 Å². The van der Waals surface area contributed by atoms with E-state index in [-0.39, 0.29) is 6.61 Å². The van der Waals surface area contributed by atoms with E-state index in [4.69, 9.17) is 18.9 Å². The van der Waals surface area contributed by atoms with Crippen molar-refractivity contribution in [2.75, 3.05) is 12.4 Å². The molecule has 0 atom stereocenters. The third kappa shape index (κ3) is 3.64. The number of nitrogens with one attached hydrogen (secondary N) is 1. The number of benzene rings is 3. The lowest BCUT2D eigenvalue weighted by Gasteiger charge is -2.22. The molecule has 1 aliphatic rings. The van der Waals surface area contributed by atoms with Gasteiger partial charge in [-0.1, -0.05) is 36.4 Å². The van der Waals surface area contributed by atoms with Crippen molar-refractivity contribution in [3.05, 3.63) is 72.3 Å². The first-order chi connectivity index (χ1) is 13.2. The van der Waals surface area contributed by atoms with Gasteiger partial charge in [0.25, 0.3) is 0 Å². The number of anilines is 1. The number of hydrogen-bond donors (Lipinski definition) is 1. The maximum absolute atomic E-state index is 12.0. The summed E-state index contributed by atoms with van der Waals surface area (Å²) in [6.45, 7) is 0.196. The van der Waals surface area contributed by atoms with Crippen molar-refractivity contribution in [2.45, 2.75) is 6.61 Å². The Morgan fingerprint density at radius 3 is 2.59 bits per heavy atom. The highest BCUT2D eigenvalue weighted by Gasteiger charge is 2.22. The van der Waals surface area contributed by atoms with Crippen molar-refractivity contribution in [2.24, 2.45) is 0 Å². The van der Waals surface area contributed by atoms with Gasteiger partial charge in [0, 0.05) is 11.8 Å². The molecule has 3 aromatic rings. The fourth-order valence-electron chi connectivity index (χ4n) is 2.69. The Morgan fingerprint density at radius 1 is 0.926 bits per heavy atom. The largest absolute Gasteiger partial charge is 0.493 e. The standard InChI is InChI=1S/C21H17NO5/c1-24-17-8-5-9-18-20(17)27-19-12-15(10-11-16(19)26-18)22-21(23)25-13-14-6-3-2-4-7-14/h2-12H,13H2,1H3,(H,22,23). The van der Waals surface area contributed by atoms with E-state index in [0.29, 0.717) is 34.4 Å². The molecule has 0 saturated carbocycles. The number of amides is 1. The molecule has 0 aromatic heterocycles. The highest BCUT2D eigenvalue weighted by molar-refractivity contribution is 5.85. The minimum Gasteiger partial charge on any atom is -0.493 e. The van der Waals surface area contributed by atoms with E-state index < -0.39 is 6.09 Å². The minimum atomic E-state index is -0.548. The van der Waals surface area contributed by atoms with Crippen LogP contribution < -0.4 is 19.5 Å². The average molecular weight is 363 g/mol. The number of fused-ring (bicyclic) bond motifs is 2. The predicted octanol–water partition coefficient (Wildman–Crippen LogP) is 5.34. The molecule has 4 rings (SSSR count). The maximum atomic E-state index is 12.0. The molecule has 0 fully saturated rings. The van der Waals surface area contributed by atoms with Crippen molar-refractivity contribution in [1.29, 1.82) is 0 Å². The summed E-state index contributed by atoms with van der Waals surface area (Å²) in [4.78, 5) is 12.0. The number of methoxy groups -OCH3 is 1. The summed E-state index contributed by atoms with van der Waals surface area (Å²) in [6, 6.07) is 20.0. The molecule has 3 aromatic carbocycles. The van der Waals surface area contributed by atoms with Crippen LogP contribution in [-0.4, -0.2) is 13.2 Å². The van der Waals surface area contributed by atoms with Crippen molar-refractivity contribution in [3.8, 4) is 28.7 Å². The van der Waals surface area contributed by atoms with Gasteiger partial charge < -0.3 is 18.9 Å². The first-order valence-electron chi connectivity index (χ1n) is 8.37. The number of carbonyl (C=O) groups excluding carboxylic acids is 1. The van der Waals surface area contributed by atoms with Crippen LogP contribution in [0, 0.1) is 0 Å². The smallest absolute Gasteiger partial charge is 0.411 e. The molecule has 1 aliphatic heterocycles. The fourth-order valence-corrected chi connectivity index (χ4v) is 2.69. The van der Waals surface area contributed by atoms with Crippen molar-refractivity contribution in [1.82, 2.24) is 0 Å².